The molecule has 4 rings (SSSR count). The van der Waals surface area contributed by atoms with Gasteiger partial charge in [0.1, 0.15) is 5.65 Å². The average Bonchev–Trinajstić information content (AvgIpc) is 3.10. The number of hydrogen-bond acceptors (Lipinski definition) is 5. The number of esters is 1. The molecule has 0 spiro atoms. The van der Waals surface area contributed by atoms with Gasteiger partial charge in [-0.25, -0.2) is 9.78 Å². The summed E-state index contributed by atoms with van der Waals surface area (Å²) in [6.07, 6.45) is -0.974. The summed E-state index contributed by atoms with van der Waals surface area (Å²) in [6.45, 7) is 12.3. The van der Waals surface area contributed by atoms with Crippen LogP contribution in [0.5, 0.6) is 0 Å². The van der Waals surface area contributed by atoms with Gasteiger partial charge in [0.25, 0.3) is 0 Å². The highest BCUT2D eigenvalue weighted by molar-refractivity contribution is 6.30. The Balaban J connectivity index is 2.07. The number of carbonyl (C=O) groups excluding carboxylic acids is 1. The highest BCUT2D eigenvalue weighted by atomic mass is 35.5. The predicted molar refractivity (Wildman–Crippen MR) is 150 cm³/mol. The standard InChI is InChI=1S/C31H32ClN3O3/c1-18-20(3)35(17-22-10-8-9-21(15-22)16-33)29-25(18)27(23-11-13-24(32)14-12-23)26(19(2)34-29)28(30(36)37-7)38-31(4,5)6/h8-15,28H,17H2,1-7H3. The lowest BCUT2D eigenvalue weighted by atomic mass is 9.91. The van der Waals surface area contributed by atoms with Crippen LogP contribution in [-0.2, 0) is 20.8 Å². The van der Waals surface area contributed by atoms with E-state index in [1.54, 1.807) is 6.07 Å². The van der Waals surface area contributed by atoms with Gasteiger partial charge < -0.3 is 14.0 Å². The van der Waals surface area contributed by atoms with Gasteiger partial charge in [0, 0.05) is 39.5 Å². The van der Waals surface area contributed by atoms with Gasteiger partial charge in [-0.2, -0.15) is 5.26 Å². The van der Waals surface area contributed by atoms with Crippen molar-refractivity contribution in [3.05, 3.63) is 87.2 Å². The number of pyridine rings is 1. The Morgan fingerprint density at radius 3 is 2.42 bits per heavy atom. The number of fused-ring (bicyclic) bond motifs is 1. The lowest BCUT2D eigenvalue weighted by molar-refractivity contribution is -0.164. The van der Waals surface area contributed by atoms with E-state index in [1.165, 1.54) is 7.11 Å². The van der Waals surface area contributed by atoms with Crippen molar-refractivity contribution in [3.63, 3.8) is 0 Å². The SMILES string of the molecule is COC(=O)C(OC(C)(C)C)c1c(C)nc2c(c(C)c(C)n2Cc2cccc(C#N)c2)c1-c1ccc(Cl)cc1. The lowest BCUT2D eigenvalue weighted by Crippen LogP contribution is -2.29. The van der Waals surface area contributed by atoms with Crippen LogP contribution in [0.2, 0.25) is 5.02 Å². The van der Waals surface area contributed by atoms with Crippen LogP contribution in [-0.4, -0.2) is 28.2 Å². The Morgan fingerprint density at radius 1 is 1.13 bits per heavy atom. The predicted octanol–water partition coefficient (Wildman–Crippen LogP) is 7.23. The third kappa shape index (κ3) is 5.31. The van der Waals surface area contributed by atoms with Crippen LogP contribution in [0.3, 0.4) is 0 Å². The zero-order valence-electron chi connectivity index (χ0n) is 22.8. The first-order chi connectivity index (χ1) is 17.9. The van der Waals surface area contributed by atoms with Gasteiger partial charge in [0.15, 0.2) is 6.10 Å². The maximum atomic E-state index is 13.1. The number of methoxy groups -OCH3 is 1. The van der Waals surface area contributed by atoms with E-state index in [1.807, 2.05) is 70.2 Å². The molecular weight excluding hydrogens is 498 g/mol. The average molecular weight is 530 g/mol. The number of ether oxygens (including phenoxy) is 2. The molecule has 0 saturated carbocycles. The van der Waals surface area contributed by atoms with E-state index in [2.05, 4.69) is 24.5 Å². The number of rotatable bonds is 6. The summed E-state index contributed by atoms with van der Waals surface area (Å²) in [6, 6.07) is 17.4. The second-order valence-corrected chi connectivity index (χ2v) is 10.9. The van der Waals surface area contributed by atoms with Crippen molar-refractivity contribution in [3.8, 4) is 17.2 Å². The summed E-state index contributed by atoms with van der Waals surface area (Å²) in [5.74, 6) is -0.485. The highest BCUT2D eigenvalue weighted by Crippen LogP contribution is 2.42. The Bertz CT molecular complexity index is 1560. The maximum Gasteiger partial charge on any atom is 0.339 e. The molecule has 0 saturated heterocycles. The number of hydrogen-bond donors (Lipinski definition) is 0. The van der Waals surface area contributed by atoms with E-state index >= 15 is 0 Å². The monoisotopic (exact) mass is 529 g/mol. The number of halogens is 1. The Morgan fingerprint density at radius 2 is 1.82 bits per heavy atom. The van der Waals surface area contributed by atoms with E-state index < -0.39 is 17.7 Å². The fraction of sp³-hybridized carbons (Fsp3) is 0.323. The number of benzene rings is 2. The molecule has 0 amide bonds. The Kier molecular flexibility index (Phi) is 7.64. The van der Waals surface area contributed by atoms with Gasteiger partial charge in [-0.3, -0.25) is 0 Å². The molecule has 2 aromatic heterocycles. The second-order valence-electron chi connectivity index (χ2n) is 10.4. The highest BCUT2D eigenvalue weighted by Gasteiger charge is 2.34. The van der Waals surface area contributed by atoms with Crippen molar-refractivity contribution in [1.29, 1.82) is 5.26 Å². The molecule has 0 aliphatic heterocycles. The molecule has 196 valence electrons. The van der Waals surface area contributed by atoms with Crippen molar-refractivity contribution in [2.45, 2.75) is 59.8 Å². The van der Waals surface area contributed by atoms with Gasteiger partial charge >= 0.3 is 5.97 Å². The third-order valence-electron chi connectivity index (χ3n) is 6.66. The van der Waals surface area contributed by atoms with Gasteiger partial charge in [-0.1, -0.05) is 35.9 Å². The molecule has 0 bridgehead atoms. The van der Waals surface area contributed by atoms with Crippen molar-refractivity contribution in [1.82, 2.24) is 9.55 Å². The van der Waals surface area contributed by atoms with E-state index in [9.17, 15) is 10.1 Å². The largest absolute Gasteiger partial charge is 0.467 e. The molecular formula is C31H32ClN3O3. The van der Waals surface area contributed by atoms with E-state index in [4.69, 9.17) is 26.1 Å². The second kappa shape index (κ2) is 10.6. The molecule has 0 N–H and O–H groups in total. The van der Waals surface area contributed by atoms with E-state index in [0.29, 0.717) is 28.4 Å². The third-order valence-corrected chi connectivity index (χ3v) is 6.92. The summed E-state index contributed by atoms with van der Waals surface area (Å²) in [4.78, 5) is 18.2. The smallest absolute Gasteiger partial charge is 0.339 e. The van der Waals surface area contributed by atoms with Gasteiger partial charge in [-0.15, -0.1) is 0 Å². The van der Waals surface area contributed by atoms with Crippen molar-refractivity contribution >= 4 is 28.6 Å². The zero-order chi connectivity index (χ0) is 27.8. The number of nitriles is 1. The zero-order valence-corrected chi connectivity index (χ0v) is 23.6. The summed E-state index contributed by atoms with van der Waals surface area (Å²) in [5, 5.41) is 10.9. The molecule has 0 fully saturated rings. The first-order valence-electron chi connectivity index (χ1n) is 12.5. The van der Waals surface area contributed by atoms with Crippen molar-refractivity contribution in [2.75, 3.05) is 7.11 Å². The van der Waals surface area contributed by atoms with Crippen molar-refractivity contribution in [2.24, 2.45) is 0 Å². The van der Waals surface area contributed by atoms with Crippen molar-refractivity contribution < 1.29 is 14.3 Å². The fourth-order valence-electron chi connectivity index (χ4n) is 4.83. The number of nitrogens with zero attached hydrogens (tertiary/aromatic N) is 3. The van der Waals surface area contributed by atoms with E-state index in [0.717, 1.165) is 39.0 Å². The van der Waals surface area contributed by atoms with Crippen LogP contribution >= 0.6 is 11.6 Å². The molecule has 1 unspecified atom stereocenters. The molecule has 6 nitrogen and oxygen atoms in total. The first kappa shape index (κ1) is 27.4. The van der Waals surface area contributed by atoms with E-state index in [-0.39, 0.29) is 0 Å². The summed E-state index contributed by atoms with van der Waals surface area (Å²) in [7, 11) is 1.37. The van der Waals surface area contributed by atoms with Crippen LogP contribution in [0.25, 0.3) is 22.2 Å². The number of aryl methyl sites for hydroxylation is 2. The molecule has 4 aromatic rings. The Labute approximate surface area is 228 Å². The quantitative estimate of drug-likeness (QED) is 0.246. The normalized spacial score (nSPS) is 12.4. The molecule has 0 aliphatic carbocycles. The van der Waals surface area contributed by atoms with Crippen LogP contribution in [0.4, 0.5) is 0 Å². The molecule has 0 aliphatic rings. The Hall–Kier alpha value is -3.66. The summed E-state index contributed by atoms with van der Waals surface area (Å²) < 4.78 is 13.7. The van der Waals surface area contributed by atoms with Gasteiger partial charge in [-0.05, 0) is 82.5 Å². The summed E-state index contributed by atoms with van der Waals surface area (Å²) in [5.41, 5.74) is 7.02. The topological polar surface area (TPSA) is 77.1 Å². The minimum absolute atomic E-state index is 0.485. The first-order valence-corrected chi connectivity index (χ1v) is 12.8. The number of carbonyl (C=O) groups is 1. The molecule has 2 heterocycles. The molecule has 38 heavy (non-hydrogen) atoms. The van der Waals surface area contributed by atoms with Gasteiger partial charge in [0.05, 0.1) is 24.3 Å². The van der Waals surface area contributed by atoms with Crippen LogP contribution < -0.4 is 0 Å². The number of aromatic nitrogens is 2. The van der Waals surface area contributed by atoms with Crippen LogP contribution in [0, 0.1) is 32.1 Å². The summed E-state index contributed by atoms with van der Waals surface area (Å²) >= 11 is 6.25. The molecule has 1 atom stereocenters. The van der Waals surface area contributed by atoms with Crippen LogP contribution in [0.15, 0.2) is 48.5 Å². The minimum Gasteiger partial charge on any atom is -0.467 e. The van der Waals surface area contributed by atoms with Crippen LogP contribution in [0.1, 0.15) is 60.5 Å². The molecule has 0 radical (unpaired) electrons. The molecule has 2 aromatic carbocycles. The molecule has 7 heteroatoms. The fourth-order valence-corrected chi connectivity index (χ4v) is 4.96. The lowest BCUT2D eigenvalue weighted by Gasteiger charge is -2.29. The maximum absolute atomic E-state index is 13.1. The van der Waals surface area contributed by atoms with Gasteiger partial charge in [0.2, 0.25) is 0 Å². The minimum atomic E-state index is -0.974.